The summed E-state index contributed by atoms with van der Waals surface area (Å²) in [4.78, 5) is 12.2. The number of anilines is 1. The van der Waals surface area contributed by atoms with Crippen molar-refractivity contribution in [1.29, 1.82) is 0 Å². The van der Waals surface area contributed by atoms with Crippen molar-refractivity contribution >= 4 is 11.6 Å². The summed E-state index contributed by atoms with van der Waals surface area (Å²) in [5.74, 6) is 2.09. The van der Waals surface area contributed by atoms with Crippen molar-refractivity contribution in [2.45, 2.75) is 19.8 Å². The van der Waals surface area contributed by atoms with Gasteiger partial charge in [-0.25, -0.2) is 0 Å². The molecule has 0 aliphatic carbocycles. The maximum absolute atomic E-state index is 12.2. The lowest BCUT2D eigenvalue weighted by Gasteiger charge is -2.12. The number of nitrogens with one attached hydrogen (secondary N) is 1. The van der Waals surface area contributed by atoms with Crippen LogP contribution in [0.2, 0.25) is 0 Å². The average Bonchev–Trinajstić information content (AvgIpc) is 3.08. The van der Waals surface area contributed by atoms with Gasteiger partial charge in [-0.05, 0) is 48.9 Å². The van der Waals surface area contributed by atoms with Crippen molar-refractivity contribution in [1.82, 2.24) is 0 Å². The molecule has 24 heavy (non-hydrogen) atoms. The Bertz CT molecular complexity index is 809. The highest BCUT2D eigenvalue weighted by atomic mass is 16.5. The lowest BCUT2D eigenvalue weighted by molar-refractivity contribution is -0.116. The molecular weight excluding hydrogens is 302 g/mol. The van der Waals surface area contributed by atoms with Gasteiger partial charge in [0.15, 0.2) is 5.75 Å². The average molecular weight is 321 g/mol. The number of hydrogen-bond acceptors (Lipinski definition) is 3. The molecule has 4 nitrogen and oxygen atoms in total. The number of amides is 1. The van der Waals surface area contributed by atoms with Crippen LogP contribution < -0.4 is 10.1 Å². The molecule has 0 saturated heterocycles. The zero-order chi connectivity index (χ0) is 16.8. The van der Waals surface area contributed by atoms with Crippen molar-refractivity contribution in [2.75, 3.05) is 5.32 Å². The van der Waals surface area contributed by atoms with Crippen LogP contribution in [0.1, 0.15) is 17.7 Å². The summed E-state index contributed by atoms with van der Waals surface area (Å²) in [5.41, 5.74) is 1.77. The largest absolute Gasteiger partial charge is 0.469 e. The number of aryl methyl sites for hydroxylation is 2. The topological polar surface area (TPSA) is 51.5 Å². The summed E-state index contributed by atoms with van der Waals surface area (Å²) in [5, 5.41) is 2.90. The third-order valence-corrected chi connectivity index (χ3v) is 3.56. The monoisotopic (exact) mass is 321 g/mol. The van der Waals surface area contributed by atoms with Crippen molar-refractivity contribution in [3.8, 4) is 11.5 Å². The third-order valence-electron chi connectivity index (χ3n) is 3.56. The van der Waals surface area contributed by atoms with E-state index in [0.29, 0.717) is 24.3 Å². The molecule has 0 radical (unpaired) electrons. The van der Waals surface area contributed by atoms with Crippen LogP contribution in [0, 0.1) is 6.92 Å². The number of ether oxygens (including phenoxy) is 1. The Morgan fingerprint density at radius 2 is 1.96 bits per heavy atom. The first-order valence-corrected chi connectivity index (χ1v) is 7.86. The normalized spacial score (nSPS) is 10.4. The van der Waals surface area contributed by atoms with Gasteiger partial charge in [-0.15, -0.1) is 0 Å². The van der Waals surface area contributed by atoms with E-state index in [4.69, 9.17) is 9.15 Å². The number of carbonyl (C=O) groups is 1. The molecule has 1 amide bonds. The minimum Gasteiger partial charge on any atom is -0.469 e. The van der Waals surface area contributed by atoms with E-state index in [-0.39, 0.29) is 5.91 Å². The van der Waals surface area contributed by atoms with E-state index in [0.717, 1.165) is 17.1 Å². The molecule has 2 aromatic carbocycles. The number of benzene rings is 2. The summed E-state index contributed by atoms with van der Waals surface area (Å²) in [6.45, 7) is 2.01. The Hall–Kier alpha value is -3.01. The van der Waals surface area contributed by atoms with Gasteiger partial charge in [0.1, 0.15) is 11.5 Å². The molecule has 122 valence electrons. The highest BCUT2D eigenvalue weighted by Crippen LogP contribution is 2.29. The van der Waals surface area contributed by atoms with Gasteiger partial charge in [0.2, 0.25) is 5.91 Å². The zero-order valence-electron chi connectivity index (χ0n) is 13.5. The number of carbonyl (C=O) groups excluding carboxylic acids is 1. The smallest absolute Gasteiger partial charge is 0.224 e. The predicted molar refractivity (Wildman–Crippen MR) is 93.4 cm³/mol. The van der Waals surface area contributed by atoms with Gasteiger partial charge in [-0.2, -0.15) is 0 Å². The van der Waals surface area contributed by atoms with Gasteiger partial charge in [-0.1, -0.05) is 24.3 Å². The van der Waals surface area contributed by atoms with E-state index >= 15 is 0 Å². The second-order valence-electron chi connectivity index (χ2n) is 5.54. The molecule has 0 bridgehead atoms. The molecule has 1 aromatic heterocycles. The third kappa shape index (κ3) is 4.26. The minimum absolute atomic E-state index is 0.0771. The van der Waals surface area contributed by atoms with Gasteiger partial charge in [0, 0.05) is 12.8 Å². The van der Waals surface area contributed by atoms with Crippen LogP contribution in [0.25, 0.3) is 0 Å². The van der Waals surface area contributed by atoms with E-state index in [2.05, 4.69) is 5.32 Å². The van der Waals surface area contributed by atoms with E-state index in [9.17, 15) is 4.79 Å². The van der Waals surface area contributed by atoms with Crippen LogP contribution in [0.15, 0.2) is 71.3 Å². The molecule has 0 aliphatic heterocycles. The van der Waals surface area contributed by atoms with Crippen LogP contribution in [-0.4, -0.2) is 5.91 Å². The Morgan fingerprint density at radius 3 is 2.75 bits per heavy atom. The Labute approximate surface area is 141 Å². The summed E-state index contributed by atoms with van der Waals surface area (Å²) in [6.07, 6.45) is 2.53. The first kappa shape index (κ1) is 15.9. The highest BCUT2D eigenvalue weighted by Gasteiger charge is 2.09. The molecule has 0 fully saturated rings. The molecule has 4 heteroatoms. The summed E-state index contributed by atoms with van der Waals surface area (Å²) in [7, 11) is 0. The summed E-state index contributed by atoms with van der Waals surface area (Å²) in [6, 6.07) is 18.9. The maximum atomic E-state index is 12.2. The molecule has 1 N–H and O–H groups in total. The molecule has 1 heterocycles. The molecule has 0 saturated carbocycles. The molecule has 0 unspecified atom stereocenters. The van der Waals surface area contributed by atoms with Crippen molar-refractivity contribution in [3.05, 3.63) is 78.3 Å². The second-order valence-corrected chi connectivity index (χ2v) is 5.54. The first-order chi connectivity index (χ1) is 11.7. The van der Waals surface area contributed by atoms with Crippen molar-refractivity contribution in [2.24, 2.45) is 0 Å². The Kier molecular flexibility index (Phi) is 4.96. The number of furan rings is 1. The van der Waals surface area contributed by atoms with E-state index in [1.165, 1.54) is 0 Å². The van der Waals surface area contributed by atoms with Crippen molar-refractivity contribution in [3.63, 3.8) is 0 Å². The predicted octanol–water partition coefficient (Wildman–Crippen LogP) is 4.95. The number of hydrogen-bond donors (Lipinski definition) is 1. The Morgan fingerprint density at radius 1 is 1.08 bits per heavy atom. The van der Waals surface area contributed by atoms with E-state index in [1.807, 2.05) is 67.6 Å². The van der Waals surface area contributed by atoms with Gasteiger partial charge in [0.05, 0.1) is 12.0 Å². The minimum atomic E-state index is -0.0771. The van der Waals surface area contributed by atoms with Crippen LogP contribution in [0.3, 0.4) is 0 Å². The lowest BCUT2D eigenvalue weighted by atomic mass is 10.2. The standard InChI is InChI=1S/C20H19NO3/c1-15-6-4-7-17(14-15)24-19-10-3-2-9-18(19)21-20(22)12-11-16-8-5-13-23-16/h2-10,13-14H,11-12H2,1H3,(H,21,22). The van der Waals surface area contributed by atoms with Gasteiger partial charge >= 0.3 is 0 Å². The van der Waals surface area contributed by atoms with Crippen molar-refractivity contribution < 1.29 is 13.9 Å². The maximum Gasteiger partial charge on any atom is 0.224 e. The second kappa shape index (κ2) is 7.51. The Balaban J connectivity index is 1.66. The quantitative estimate of drug-likeness (QED) is 0.698. The lowest BCUT2D eigenvalue weighted by Crippen LogP contribution is -2.12. The number of rotatable bonds is 6. The molecule has 0 spiro atoms. The highest BCUT2D eigenvalue weighted by molar-refractivity contribution is 5.92. The van der Waals surface area contributed by atoms with Gasteiger partial charge in [-0.3, -0.25) is 4.79 Å². The zero-order valence-corrected chi connectivity index (χ0v) is 13.5. The molecule has 0 aliphatic rings. The van der Waals surface area contributed by atoms with Crippen LogP contribution in [0.4, 0.5) is 5.69 Å². The van der Waals surface area contributed by atoms with E-state index in [1.54, 1.807) is 6.26 Å². The van der Waals surface area contributed by atoms with Gasteiger partial charge in [0.25, 0.3) is 0 Å². The summed E-state index contributed by atoms with van der Waals surface area (Å²) >= 11 is 0. The first-order valence-electron chi connectivity index (χ1n) is 7.86. The molecule has 3 rings (SSSR count). The van der Waals surface area contributed by atoms with Crippen LogP contribution in [0.5, 0.6) is 11.5 Å². The SMILES string of the molecule is Cc1cccc(Oc2ccccc2NC(=O)CCc2ccco2)c1. The fraction of sp³-hybridized carbons (Fsp3) is 0.150. The summed E-state index contributed by atoms with van der Waals surface area (Å²) < 4.78 is 11.2. The fourth-order valence-electron chi connectivity index (χ4n) is 2.37. The molecular formula is C20H19NO3. The number of para-hydroxylation sites is 2. The molecule has 0 atom stereocenters. The van der Waals surface area contributed by atoms with Crippen LogP contribution in [-0.2, 0) is 11.2 Å². The fourth-order valence-corrected chi connectivity index (χ4v) is 2.37. The van der Waals surface area contributed by atoms with E-state index < -0.39 is 0 Å². The van der Waals surface area contributed by atoms with Crippen LogP contribution >= 0.6 is 0 Å². The molecule has 3 aromatic rings. The van der Waals surface area contributed by atoms with Gasteiger partial charge < -0.3 is 14.5 Å².